The standard InChI is InChI=1S/C24H27N3O4/c1-26(13-16-6-5-7-18(10-16)31-2)15-23(29)22-11-17(28)14-27(22)24(30)20-12-25-21-9-4-3-8-19(20)21/h3-10,12,17,22,25,28H,11,13-15H2,1-2H3. The highest BCUT2D eigenvalue weighted by Crippen LogP contribution is 2.26. The monoisotopic (exact) mass is 421 g/mol. The average Bonchev–Trinajstić information content (AvgIpc) is 3.37. The number of hydrogen-bond acceptors (Lipinski definition) is 5. The lowest BCUT2D eigenvalue weighted by Gasteiger charge is -2.25. The maximum atomic E-state index is 13.2. The van der Waals surface area contributed by atoms with Crippen LogP contribution in [0, 0.1) is 0 Å². The zero-order valence-electron chi connectivity index (χ0n) is 17.7. The van der Waals surface area contributed by atoms with Crippen LogP contribution in [0.5, 0.6) is 5.75 Å². The molecule has 3 aromatic rings. The Bertz CT molecular complexity index is 1090. The first kappa shape index (κ1) is 21.1. The number of para-hydroxylation sites is 1. The smallest absolute Gasteiger partial charge is 0.256 e. The molecule has 2 aromatic carbocycles. The van der Waals surface area contributed by atoms with E-state index in [2.05, 4.69) is 4.98 Å². The van der Waals surface area contributed by atoms with Crippen LogP contribution in [0.25, 0.3) is 10.9 Å². The van der Waals surface area contributed by atoms with Gasteiger partial charge in [-0.2, -0.15) is 0 Å². The molecule has 0 saturated carbocycles. The number of nitrogens with zero attached hydrogens (tertiary/aromatic N) is 2. The Kier molecular flexibility index (Phi) is 6.06. The SMILES string of the molecule is COc1cccc(CN(C)CC(=O)C2CC(O)CN2C(=O)c2c[nH]c3ccccc23)c1. The van der Waals surface area contributed by atoms with Crippen LogP contribution in [-0.4, -0.2) is 71.0 Å². The lowest BCUT2D eigenvalue weighted by atomic mass is 10.1. The van der Waals surface area contributed by atoms with E-state index in [4.69, 9.17) is 4.74 Å². The van der Waals surface area contributed by atoms with E-state index in [0.717, 1.165) is 22.2 Å². The van der Waals surface area contributed by atoms with Crippen molar-refractivity contribution in [2.45, 2.75) is 25.1 Å². The quantitative estimate of drug-likeness (QED) is 0.612. The van der Waals surface area contributed by atoms with Gasteiger partial charge in [-0.05, 0) is 30.8 Å². The molecule has 2 heterocycles. The van der Waals surface area contributed by atoms with Gasteiger partial charge in [-0.15, -0.1) is 0 Å². The second-order valence-electron chi connectivity index (χ2n) is 8.10. The van der Waals surface area contributed by atoms with Gasteiger partial charge in [0.2, 0.25) is 0 Å². The summed E-state index contributed by atoms with van der Waals surface area (Å²) < 4.78 is 5.26. The normalized spacial score (nSPS) is 18.6. The molecule has 7 nitrogen and oxygen atoms in total. The van der Waals surface area contributed by atoms with E-state index in [0.29, 0.717) is 12.1 Å². The predicted molar refractivity (Wildman–Crippen MR) is 118 cm³/mol. The third-order valence-corrected chi connectivity index (χ3v) is 5.74. The average molecular weight is 421 g/mol. The molecule has 162 valence electrons. The minimum absolute atomic E-state index is 0.0739. The Morgan fingerprint density at radius 3 is 2.84 bits per heavy atom. The third kappa shape index (κ3) is 4.47. The molecule has 7 heteroatoms. The number of aromatic amines is 1. The summed E-state index contributed by atoms with van der Waals surface area (Å²) in [6.07, 6.45) is 1.24. The number of H-pyrrole nitrogens is 1. The summed E-state index contributed by atoms with van der Waals surface area (Å²) in [5, 5.41) is 11.0. The molecule has 1 aliphatic heterocycles. The van der Waals surface area contributed by atoms with Crippen molar-refractivity contribution in [1.29, 1.82) is 0 Å². The molecule has 31 heavy (non-hydrogen) atoms. The Morgan fingerprint density at radius 1 is 1.23 bits per heavy atom. The van der Waals surface area contributed by atoms with Gasteiger partial charge in [-0.3, -0.25) is 14.5 Å². The topological polar surface area (TPSA) is 85.9 Å². The van der Waals surface area contributed by atoms with Crippen LogP contribution in [-0.2, 0) is 11.3 Å². The second kappa shape index (κ2) is 8.91. The molecule has 0 radical (unpaired) electrons. The van der Waals surface area contributed by atoms with Gasteiger partial charge in [-0.25, -0.2) is 0 Å². The number of fused-ring (bicyclic) bond motifs is 1. The molecular weight excluding hydrogens is 394 g/mol. The molecule has 0 spiro atoms. The predicted octanol–water partition coefficient (Wildman–Crippen LogP) is 2.45. The minimum atomic E-state index is -0.702. The molecule has 1 fully saturated rings. The van der Waals surface area contributed by atoms with Crippen LogP contribution in [0.3, 0.4) is 0 Å². The lowest BCUT2D eigenvalue weighted by Crippen LogP contribution is -2.44. The first-order chi connectivity index (χ1) is 15.0. The first-order valence-electron chi connectivity index (χ1n) is 10.4. The number of benzene rings is 2. The number of likely N-dealkylation sites (N-methyl/N-ethyl adjacent to an activating group) is 1. The number of ether oxygens (including phenoxy) is 1. The molecule has 1 aromatic heterocycles. The lowest BCUT2D eigenvalue weighted by molar-refractivity contribution is -0.123. The summed E-state index contributed by atoms with van der Waals surface area (Å²) in [7, 11) is 3.49. The number of ketones is 1. The van der Waals surface area contributed by atoms with Gasteiger partial charge in [0.1, 0.15) is 5.75 Å². The number of methoxy groups -OCH3 is 1. The summed E-state index contributed by atoms with van der Waals surface area (Å²) in [5.41, 5.74) is 2.42. The molecule has 2 atom stereocenters. The van der Waals surface area contributed by atoms with E-state index in [-0.39, 0.29) is 31.2 Å². The van der Waals surface area contributed by atoms with Crippen molar-refractivity contribution in [3.05, 3.63) is 65.9 Å². The Labute approximate surface area is 181 Å². The molecule has 1 amide bonds. The number of aliphatic hydroxyl groups excluding tert-OH is 1. The van der Waals surface area contributed by atoms with Crippen molar-refractivity contribution in [3.8, 4) is 5.75 Å². The number of nitrogens with one attached hydrogen (secondary N) is 1. The molecule has 1 aliphatic rings. The highest BCUT2D eigenvalue weighted by atomic mass is 16.5. The van der Waals surface area contributed by atoms with E-state index < -0.39 is 12.1 Å². The van der Waals surface area contributed by atoms with Gasteiger partial charge in [0, 0.05) is 36.6 Å². The number of β-amino-alcohol motifs (C(OH)–C–C–N with tert-alkyl or cyclic N) is 1. The Morgan fingerprint density at radius 2 is 2.03 bits per heavy atom. The van der Waals surface area contributed by atoms with Gasteiger partial charge in [0.05, 0.1) is 31.4 Å². The molecule has 2 unspecified atom stereocenters. The number of carbonyl (C=O) groups is 2. The largest absolute Gasteiger partial charge is 0.497 e. The van der Waals surface area contributed by atoms with Crippen molar-refractivity contribution in [1.82, 2.24) is 14.8 Å². The van der Waals surface area contributed by atoms with Gasteiger partial charge < -0.3 is 19.7 Å². The summed E-state index contributed by atoms with van der Waals surface area (Å²) >= 11 is 0. The van der Waals surface area contributed by atoms with Crippen LogP contribution in [0.15, 0.2) is 54.7 Å². The number of aliphatic hydroxyl groups is 1. The van der Waals surface area contributed by atoms with Crippen molar-refractivity contribution >= 4 is 22.6 Å². The zero-order chi connectivity index (χ0) is 22.0. The summed E-state index contributed by atoms with van der Waals surface area (Å²) in [5.74, 6) is 0.463. The second-order valence-corrected chi connectivity index (χ2v) is 8.10. The Balaban J connectivity index is 1.46. The maximum Gasteiger partial charge on any atom is 0.256 e. The summed E-state index contributed by atoms with van der Waals surface area (Å²) in [4.78, 5) is 32.9. The number of amides is 1. The van der Waals surface area contributed by atoms with Gasteiger partial charge in [0.15, 0.2) is 5.78 Å². The van der Waals surface area contributed by atoms with E-state index in [1.54, 1.807) is 13.3 Å². The molecule has 4 rings (SSSR count). The van der Waals surface area contributed by atoms with E-state index in [9.17, 15) is 14.7 Å². The van der Waals surface area contributed by atoms with Crippen molar-refractivity contribution in [2.75, 3.05) is 27.2 Å². The summed E-state index contributed by atoms with van der Waals surface area (Å²) in [6.45, 7) is 0.926. The number of rotatable bonds is 7. The van der Waals surface area contributed by atoms with Crippen LogP contribution >= 0.6 is 0 Å². The molecular formula is C24H27N3O4. The highest BCUT2D eigenvalue weighted by Gasteiger charge is 2.39. The van der Waals surface area contributed by atoms with E-state index in [1.807, 2.05) is 60.5 Å². The van der Waals surface area contributed by atoms with Gasteiger partial charge in [0.25, 0.3) is 5.91 Å². The fourth-order valence-electron chi connectivity index (χ4n) is 4.26. The Hall–Kier alpha value is -3.16. The minimum Gasteiger partial charge on any atom is -0.497 e. The van der Waals surface area contributed by atoms with Crippen molar-refractivity contribution < 1.29 is 19.4 Å². The van der Waals surface area contributed by atoms with Crippen molar-refractivity contribution in [3.63, 3.8) is 0 Å². The fraction of sp³-hybridized carbons (Fsp3) is 0.333. The first-order valence-corrected chi connectivity index (χ1v) is 10.4. The van der Waals surface area contributed by atoms with Crippen LogP contribution in [0.2, 0.25) is 0 Å². The van der Waals surface area contributed by atoms with Crippen molar-refractivity contribution in [2.24, 2.45) is 0 Å². The van der Waals surface area contributed by atoms with E-state index >= 15 is 0 Å². The number of likely N-dealkylation sites (tertiary alicyclic amines) is 1. The fourth-order valence-corrected chi connectivity index (χ4v) is 4.26. The molecule has 2 N–H and O–H groups in total. The molecule has 0 bridgehead atoms. The van der Waals surface area contributed by atoms with Crippen LogP contribution in [0.1, 0.15) is 22.3 Å². The zero-order valence-corrected chi connectivity index (χ0v) is 17.7. The highest BCUT2D eigenvalue weighted by molar-refractivity contribution is 6.08. The third-order valence-electron chi connectivity index (χ3n) is 5.74. The van der Waals surface area contributed by atoms with E-state index in [1.165, 1.54) is 4.90 Å². The number of aromatic nitrogens is 1. The number of hydrogen-bond donors (Lipinski definition) is 2. The van der Waals surface area contributed by atoms with Gasteiger partial charge >= 0.3 is 0 Å². The summed E-state index contributed by atoms with van der Waals surface area (Å²) in [6, 6.07) is 14.6. The molecule has 0 aliphatic carbocycles. The van der Waals surface area contributed by atoms with Crippen LogP contribution < -0.4 is 4.74 Å². The maximum absolute atomic E-state index is 13.2. The van der Waals surface area contributed by atoms with Gasteiger partial charge in [-0.1, -0.05) is 30.3 Å². The number of carbonyl (C=O) groups excluding carboxylic acids is 2. The van der Waals surface area contributed by atoms with Crippen LogP contribution in [0.4, 0.5) is 0 Å². The number of Topliss-reactive ketones (excluding diaryl/α,β-unsaturated/α-hetero) is 1. The molecule has 1 saturated heterocycles.